The van der Waals surface area contributed by atoms with E-state index in [0.29, 0.717) is 0 Å². The van der Waals surface area contributed by atoms with Gasteiger partial charge in [0.25, 0.3) is 0 Å². The van der Waals surface area contributed by atoms with E-state index in [1.807, 2.05) is 6.07 Å². The predicted molar refractivity (Wildman–Crippen MR) is 73.1 cm³/mol. The Kier molecular flexibility index (Phi) is 5.16. The fraction of sp³-hybridized carbons (Fsp3) is 0.600. The van der Waals surface area contributed by atoms with Gasteiger partial charge in [-0.05, 0) is 24.4 Å². The van der Waals surface area contributed by atoms with E-state index >= 15 is 0 Å². The van der Waals surface area contributed by atoms with Crippen molar-refractivity contribution in [2.75, 3.05) is 20.1 Å². The summed E-state index contributed by atoms with van der Waals surface area (Å²) in [7, 11) is 2.07. The molecule has 1 N–H and O–H groups in total. The molecule has 0 spiro atoms. The van der Waals surface area contributed by atoms with Crippen LogP contribution in [0.1, 0.15) is 26.3 Å². The maximum Gasteiger partial charge on any atom is 0.0715 e. The molecule has 1 atom stereocenters. The molecule has 1 aromatic carbocycles. The first-order valence-corrected chi connectivity index (χ1v) is 6.30. The molecule has 0 aromatic heterocycles. The Morgan fingerprint density at radius 2 is 1.76 bits per heavy atom. The topological polar surface area (TPSA) is 23.5 Å². The smallest absolute Gasteiger partial charge is 0.0715 e. The van der Waals surface area contributed by atoms with Gasteiger partial charge in [-0.1, -0.05) is 51.1 Å². The van der Waals surface area contributed by atoms with Crippen molar-refractivity contribution in [3.05, 3.63) is 35.9 Å². The lowest BCUT2D eigenvalue weighted by Gasteiger charge is -2.29. The van der Waals surface area contributed by atoms with Gasteiger partial charge in [0.2, 0.25) is 0 Å². The highest BCUT2D eigenvalue weighted by molar-refractivity contribution is 5.14. The summed E-state index contributed by atoms with van der Waals surface area (Å²) in [6.07, 6.45) is 0.761. The van der Waals surface area contributed by atoms with Crippen LogP contribution in [-0.2, 0) is 6.42 Å². The Morgan fingerprint density at radius 3 is 2.29 bits per heavy atom. The lowest BCUT2D eigenvalue weighted by molar-refractivity contribution is 0.0354. The summed E-state index contributed by atoms with van der Waals surface area (Å²) in [6, 6.07) is 10.5. The monoisotopic (exact) mass is 235 g/mol. The van der Waals surface area contributed by atoms with Gasteiger partial charge in [-0.2, -0.15) is 0 Å². The van der Waals surface area contributed by atoms with E-state index in [1.54, 1.807) is 0 Å². The number of aliphatic hydroxyl groups is 1. The van der Waals surface area contributed by atoms with Crippen molar-refractivity contribution in [1.82, 2.24) is 4.90 Å². The zero-order chi connectivity index (χ0) is 12.9. The average molecular weight is 235 g/mol. The van der Waals surface area contributed by atoms with Gasteiger partial charge < -0.3 is 10.0 Å². The molecular weight excluding hydrogens is 210 g/mol. The molecule has 0 aliphatic carbocycles. The SMILES string of the molecule is CN(CCc1ccccc1)CC(O)C(C)(C)C. The zero-order valence-electron chi connectivity index (χ0n) is 11.5. The number of nitrogens with zero attached hydrogens (tertiary/aromatic N) is 1. The fourth-order valence-electron chi connectivity index (χ4n) is 1.63. The second-order valence-electron chi connectivity index (χ2n) is 5.88. The van der Waals surface area contributed by atoms with Crippen molar-refractivity contribution in [2.45, 2.75) is 33.3 Å². The van der Waals surface area contributed by atoms with Crippen LogP contribution in [0.25, 0.3) is 0 Å². The third kappa shape index (κ3) is 5.33. The van der Waals surface area contributed by atoms with E-state index < -0.39 is 0 Å². The van der Waals surface area contributed by atoms with Gasteiger partial charge in [0.05, 0.1) is 6.10 Å². The number of likely N-dealkylation sites (N-methyl/N-ethyl adjacent to an activating group) is 1. The molecule has 0 fully saturated rings. The summed E-state index contributed by atoms with van der Waals surface area (Å²) in [5.41, 5.74) is 1.31. The van der Waals surface area contributed by atoms with Crippen LogP contribution in [0.15, 0.2) is 30.3 Å². The van der Waals surface area contributed by atoms with E-state index in [1.165, 1.54) is 5.56 Å². The van der Waals surface area contributed by atoms with Gasteiger partial charge in [-0.15, -0.1) is 0 Å². The third-order valence-electron chi connectivity index (χ3n) is 3.11. The minimum absolute atomic E-state index is 0.0407. The number of hydrogen-bond donors (Lipinski definition) is 1. The van der Waals surface area contributed by atoms with E-state index in [4.69, 9.17) is 0 Å². The van der Waals surface area contributed by atoms with Gasteiger partial charge in [0, 0.05) is 13.1 Å². The second kappa shape index (κ2) is 6.18. The first kappa shape index (κ1) is 14.2. The van der Waals surface area contributed by atoms with Crippen molar-refractivity contribution in [2.24, 2.45) is 5.41 Å². The van der Waals surface area contributed by atoms with Crippen LogP contribution >= 0.6 is 0 Å². The summed E-state index contributed by atoms with van der Waals surface area (Å²) in [4.78, 5) is 2.20. The highest BCUT2D eigenvalue weighted by Gasteiger charge is 2.22. The van der Waals surface area contributed by atoms with E-state index in [9.17, 15) is 5.11 Å². The number of rotatable bonds is 5. The predicted octanol–water partition coefficient (Wildman–Crippen LogP) is 2.57. The molecule has 1 rings (SSSR count). The molecule has 0 amide bonds. The van der Waals surface area contributed by atoms with Crippen LogP contribution in [0.4, 0.5) is 0 Å². The van der Waals surface area contributed by atoms with Gasteiger partial charge in [-0.25, -0.2) is 0 Å². The molecule has 0 saturated heterocycles. The fourth-order valence-corrected chi connectivity index (χ4v) is 1.63. The molecule has 0 bridgehead atoms. The molecule has 2 nitrogen and oxygen atoms in total. The maximum absolute atomic E-state index is 10.0. The van der Waals surface area contributed by atoms with Crippen molar-refractivity contribution < 1.29 is 5.11 Å². The first-order valence-electron chi connectivity index (χ1n) is 6.30. The van der Waals surface area contributed by atoms with Gasteiger partial charge in [0.1, 0.15) is 0 Å². The molecule has 96 valence electrons. The third-order valence-corrected chi connectivity index (χ3v) is 3.11. The summed E-state index contributed by atoms with van der Waals surface area (Å²) >= 11 is 0. The van der Waals surface area contributed by atoms with Crippen molar-refractivity contribution in [3.63, 3.8) is 0 Å². The minimum atomic E-state index is -0.275. The molecular formula is C15H25NO. The van der Waals surface area contributed by atoms with E-state index in [-0.39, 0.29) is 11.5 Å². The van der Waals surface area contributed by atoms with Crippen LogP contribution in [0.2, 0.25) is 0 Å². The molecule has 0 heterocycles. The summed E-state index contributed by atoms with van der Waals surface area (Å²) < 4.78 is 0. The minimum Gasteiger partial charge on any atom is -0.391 e. The van der Waals surface area contributed by atoms with E-state index in [2.05, 4.69) is 57.0 Å². The van der Waals surface area contributed by atoms with Crippen LogP contribution in [0.3, 0.4) is 0 Å². The summed E-state index contributed by atoms with van der Waals surface area (Å²) in [5.74, 6) is 0. The Hall–Kier alpha value is -0.860. The van der Waals surface area contributed by atoms with Gasteiger partial charge >= 0.3 is 0 Å². The maximum atomic E-state index is 10.0. The van der Waals surface area contributed by atoms with E-state index in [0.717, 1.165) is 19.5 Å². The normalized spacial score (nSPS) is 14.0. The Bertz CT molecular complexity index is 315. The first-order chi connectivity index (χ1) is 7.89. The largest absolute Gasteiger partial charge is 0.391 e. The van der Waals surface area contributed by atoms with Crippen molar-refractivity contribution in [3.8, 4) is 0 Å². The van der Waals surface area contributed by atoms with Gasteiger partial charge in [-0.3, -0.25) is 0 Å². The van der Waals surface area contributed by atoms with Crippen molar-refractivity contribution >= 4 is 0 Å². The van der Waals surface area contributed by atoms with Crippen LogP contribution < -0.4 is 0 Å². The van der Waals surface area contributed by atoms with Crippen LogP contribution in [-0.4, -0.2) is 36.2 Å². The number of aliphatic hydroxyl groups excluding tert-OH is 1. The number of benzene rings is 1. The molecule has 1 aromatic rings. The number of hydrogen-bond acceptors (Lipinski definition) is 2. The summed E-state index contributed by atoms with van der Waals surface area (Å²) in [5, 5.41) is 10.0. The highest BCUT2D eigenvalue weighted by atomic mass is 16.3. The van der Waals surface area contributed by atoms with Gasteiger partial charge in [0.15, 0.2) is 0 Å². The van der Waals surface area contributed by atoms with Crippen molar-refractivity contribution in [1.29, 1.82) is 0 Å². The highest BCUT2D eigenvalue weighted by Crippen LogP contribution is 2.19. The summed E-state index contributed by atoms with van der Waals surface area (Å²) in [6.45, 7) is 7.93. The molecule has 0 saturated carbocycles. The molecule has 0 aliphatic heterocycles. The zero-order valence-corrected chi connectivity index (χ0v) is 11.5. The Labute approximate surface area is 105 Å². The molecule has 17 heavy (non-hydrogen) atoms. The lowest BCUT2D eigenvalue weighted by atomic mass is 9.89. The standard InChI is InChI=1S/C15H25NO/c1-15(2,3)14(17)12-16(4)11-10-13-8-6-5-7-9-13/h5-9,14,17H,10-12H2,1-4H3. The van der Waals surface area contributed by atoms with Crippen LogP contribution in [0.5, 0.6) is 0 Å². The average Bonchev–Trinajstić information content (AvgIpc) is 2.26. The quantitative estimate of drug-likeness (QED) is 0.848. The Morgan fingerprint density at radius 1 is 1.18 bits per heavy atom. The molecule has 0 aliphatic rings. The lowest BCUT2D eigenvalue weighted by Crippen LogP contribution is -2.38. The molecule has 0 radical (unpaired) electrons. The molecule has 2 heteroatoms. The Balaban J connectivity index is 2.33. The molecule has 1 unspecified atom stereocenters. The second-order valence-corrected chi connectivity index (χ2v) is 5.88. The van der Waals surface area contributed by atoms with Crippen LogP contribution in [0, 0.1) is 5.41 Å².